The Kier molecular flexibility index (Phi) is 4.51. The second-order valence-corrected chi connectivity index (χ2v) is 4.17. The third-order valence-corrected chi connectivity index (χ3v) is 2.90. The number of hydrogen-bond donors (Lipinski definition) is 0. The van der Waals surface area contributed by atoms with Crippen molar-refractivity contribution in [1.29, 1.82) is 5.26 Å². The average Bonchev–Trinajstić information content (AvgIpc) is 2.24. The van der Waals surface area contributed by atoms with Crippen molar-refractivity contribution in [3.63, 3.8) is 0 Å². The molecule has 0 heterocycles. The van der Waals surface area contributed by atoms with Gasteiger partial charge in [-0.05, 0) is 47.0 Å². The van der Waals surface area contributed by atoms with Crippen LogP contribution >= 0.6 is 15.9 Å². The lowest BCUT2D eigenvalue weighted by atomic mass is 10.00. The van der Waals surface area contributed by atoms with Crippen molar-refractivity contribution in [2.75, 3.05) is 6.61 Å². The molecule has 0 N–H and O–H groups in total. The van der Waals surface area contributed by atoms with E-state index in [1.54, 1.807) is 6.92 Å². The Morgan fingerprint density at radius 2 is 2.25 bits per heavy atom. The predicted octanol–water partition coefficient (Wildman–Crippen LogP) is 2.73. The third-order valence-electron chi connectivity index (χ3n) is 2.23. The molecule has 0 saturated heterocycles. The molecule has 0 bridgehead atoms. The average molecular weight is 282 g/mol. The molecule has 84 valence electrons. The minimum Gasteiger partial charge on any atom is -0.466 e. The van der Waals surface area contributed by atoms with E-state index in [1.165, 1.54) is 0 Å². The normalized spacial score (nSPS) is 9.62. The number of carbonyl (C=O) groups excluding carboxylic acids is 1. The number of nitriles is 1. The highest BCUT2D eigenvalue weighted by Gasteiger charge is 2.13. The van der Waals surface area contributed by atoms with Crippen LogP contribution in [-0.4, -0.2) is 12.6 Å². The first kappa shape index (κ1) is 12.7. The van der Waals surface area contributed by atoms with E-state index in [9.17, 15) is 4.79 Å². The van der Waals surface area contributed by atoms with Gasteiger partial charge < -0.3 is 4.74 Å². The molecule has 1 aromatic rings. The van der Waals surface area contributed by atoms with Crippen LogP contribution in [-0.2, 0) is 16.0 Å². The van der Waals surface area contributed by atoms with Crippen LogP contribution in [0.4, 0.5) is 0 Å². The highest BCUT2D eigenvalue weighted by atomic mass is 79.9. The summed E-state index contributed by atoms with van der Waals surface area (Å²) in [5.41, 5.74) is 2.16. The molecule has 0 atom stereocenters. The standard InChI is InChI=1S/C12H12BrNO2/c1-3-16-12(15)6-9-8(2)4-5-11(13)10(9)7-14/h4-5H,3,6H2,1-2H3. The maximum atomic E-state index is 11.4. The fourth-order valence-corrected chi connectivity index (χ4v) is 1.89. The molecule has 0 aliphatic rings. The monoisotopic (exact) mass is 281 g/mol. The minimum absolute atomic E-state index is 0.141. The number of benzene rings is 1. The number of aryl methyl sites for hydroxylation is 1. The molecule has 1 aromatic carbocycles. The molecule has 0 fully saturated rings. The predicted molar refractivity (Wildman–Crippen MR) is 63.9 cm³/mol. The second kappa shape index (κ2) is 5.66. The van der Waals surface area contributed by atoms with Crippen molar-refractivity contribution in [1.82, 2.24) is 0 Å². The molecule has 4 heteroatoms. The fourth-order valence-electron chi connectivity index (χ4n) is 1.43. The van der Waals surface area contributed by atoms with Crippen LogP contribution in [0.25, 0.3) is 0 Å². The van der Waals surface area contributed by atoms with Crippen molar-refractivity contribution < 1.29 is 9.53 Å². The van der Waals surface area contributed by atoms with Crippen LogP contribution in [0.15, 0.2) is 16.6 Å². The molecule has 16 heavy (non-hydrogen) atoms. The molecule has 0 aromatic heterocycles. The summed E-state index contributed by atoms with van der Waals surface area (Å²) in [6, 6.07) is 5.78. The Labute approximate surface area is 103 Å². The lowest BCUT2D eigenvalue weighted by Crippen LogP contribution is -2.10. The molecule has 0 saturated carbocycles. The molecule has 0 unspecified atom stereocenters. The van der Waals surface area contributed by atoms with E-state index in [4.69, 9.17) is 10.00 Å². The van der Waals surface area contributed by atoms with Crippen molar-refractivity contribution >= 4 is 21.9 Å². The molecule has 0 spiro atoms. The van der Waals surface area contributed by atoms with Crippen LogP contribution in [0.1, 0.15) is 23.6 Å². The zero-order valence-corrected chi connectivity index (χ0v) is 10.8. The third kappa shape index (κ3) is 2.83. The summed E-state index contributed by atoms with van der Waals surface area (Å²) in [5.74, 6) is -0.305. The first-order chi connectivity index (χ1) is 7.60. The summed E-state index contributed by atoms with van der Waals surface area (Å²) >= 11 is 3.30. The zero-order chi connectivity index (χ0) is 12.1. The van der Waals surface area contributed by atoms with Gasteiger partial charge in [-0.3, -0.25) is 4.79 Å². The van der Waals surface area contributed by atoms with Gasteiger partial charge in [0, 0.05) is 4.47 Å². The number of halogens is 1. The Morgan fingerprint density at radius 1 is 1.56 bits per heavy atom. The lowest BCUT2D eigenvalue weighted by molar-refractivity contribution is -0.142. The summed E-state index contributed by atoms with van der Waals surface area (Å²) in [6.07, 6.45) is 0.141. The van der Waals surface area contributed by atoms with Gasteiger partial charge >= 0.3 is 5.97 Å². The van der Waals surface area contributed by atoms with Gasteiger partial charge in [0.1, 0.15) is 6.07 Å². The number of hydrogen-bond acceptors (Lipinski definition) is 3. The van der Waals surface area contributed by atoms with Gasteiger partial charge in [0.05, 0.1) is 18.6 Å². The molecular weight excluding hydrogens is 270 g/mol. The van der Waals surface area contributed by atoms with Crippen molar-refractivity contribution in [3.05, 3.63) is 33.3 Å². The van der Waals surface area contributed by atoms with E-state index in [2.05, 4.69) is 22.0 Å². The van der Waals surface area contributed by atoms with Crippen LogP contribution in [0.5, 0.6) is 0 Å². The Balaban J connectivity index is 3.08. The fraction of sp³-hybridized carbons (Fsp3) is 0.333. The highest BCUT2D eigenvalue weighted by Crippen LogP contribution is 2.23. The number of nitrogens with zero attached hydrogens (tertiary/aromatic N) is 1. The van der Waals surface area contributed by atoms with Gasteiger partial charge in [-0.2, -0.15) is 5.26 Å². The van der Waals surface area contributed by atoms with Gasteiger partial charge in [0.15, 0.2) is 0 Å². The number of rotatable bonds is 3. The van der Waals surface area contributed by atoms with E-state index >= 15 is 0 Å². The van der Waals surface area contributed by atoms with Crippen molar-refractivity contribution in [2.45, 2.75) is 20.3 Å². The summed E-state index contributed by atoms with van der Waals surface area (Å²) in [4.78, 5) is 11.4. The van der Waals surface area contributed by atoms with Gasteiger partial charge in [-0.1, -0.05) is 6.07 Å². The van der Waals surface area contributed by atoms with Crippen molar-refractivity contribution in [3.8, 4) is 6.07 Å². The summed E-state index contributed by atoms with van der Waals surface area (Å²) in [7, 11) is 0. The van der Waals surface area contributed by atoms with Gasteiger partial charge in [-0.25, -0.2) is 0 Å². The number of esters is 1. The smallest absolute Gasteiger partial charge is 0.310 e. The minimum atomic E-state index is -0.305. The number of carbonyl (C=O) groups is 1. The van der Waals surface area contributed by atoms with Gasteiger partial charge in [0.2, 0.25) is 0 Å². The maximum Gasteiger partial charge on any atom is 0.310 e. The lowest BCUT2D eigenvalue weighted by Gasteiger charge is -2.09. The Morgan fingerprint density at radius 3 is 2.81 bits per heavy atom. The highest BCUT2D eigenvalue weighted by molar-refractivity contribution is 9.10. The van der Waals surface area contributed by atoms with Crippen LogP contribution in [0.3, 0.4) is 0 Å². The first-order valence-electron chi connectivity index (χ1n) is 4.93. The van der Waals surface area contributed by atoms with Gasteiger partial charge in [0.25, 0.3) is 0 Å². The first-order valence-corrected chi connectivity index (χ1v) is 5.73. The molecule has 0 amide bonds. The largest absolute Gasteiger partial charge is 0.466 e. The topological polar surface area (TPSA) is 50.1 Å². The number of ether oxygens (including phenoxy) is 1. The molecule has 0 radical (unpaired) electrons. The summed E-state index contributed by atoms with van der Waals surface area (Å²) in [6.45, 7) is 3.99. The van der Waals surface area contributed by atoms with Crippen molar-refractivity contribution in [2.24, 2.45) is 0 Å². The summed E-state index contributed by atoms with van der Waals surface area (Å²) in [5, 5.41) is 9.03. The van der Waals surface area contributed by atoms with Crippen LogP contribution in [0, 0.1) is 18.3 Å². The maximum absolute atomic E-state index is 11.4. The van der Waals surface area contributed by atoms with Crippen LogP contribution < -0.4 is 0 Å². The quantitative estimate of drug-likeness (QED) is 0.801. The molecule has 0 aliphatic carbocycles. The van der Waals surface area contributed by atoms with E-state index in [-0.39, 0.29) is 12.4 Å². The zero-order valence-electron chi connectivity index (χ0n) is 9.21. The second-order valence-electron chi connectivity index (χ2n) is 3.31. The molecule has 1 rings (SSSR count). The Bertz CT molecular complexity index is 449. The van der Waals surface area contributed by atoms with E-state index in [0.29, 0.717) is 16.6 Å². The van der Waals surface area contributed by atoms with E-state index < -0.39 is 0 Å². The summed E-state index contributed by atoms with van der Waals surface area (Å²) < 4.78 is 5.58. The molecule has 3 nitrogen and oxygen atoms in total. The van der Waals surface area contributed by atoms with E-state index in [1.807, 2.05) is 19.1 Å². The molecular formula is C12H12BrNO2. The van der Waals surface area contributed by atoms with Crippen LogP contribution in [0.2, 0.25) is 0 Å². The molecule has 0 aliphatic heterocycles. The Hall–Kier alpha value is -1.34. The van der Waals surface area contributed by atoms with E-state index in [0.717, 1.165) is 11.1 Å². The SMILES string of the molecule is CCOC(=O)Cc1c(C)ccc(Br)c1C#N. The van der Waals surface area contributed by atoms with Gasteiger partial charge in [-0.15, -0.1) is 0 Å².